The van der Waals surface area contributed by atoms with E-state index in [2.05, 4.69) is 10.4 Å². The molecular formula is C15H18FN3O2. The largest absolute Gasteiger partial charge is 0.372 e. The molecule has 0 saturated heterocycles. The van der Waals surface area contributed by atoms with E-state index in [-0.39, 0.29) is 18.3 Å². The Labute approximate surface area is 122 Å². The van der Waals surface area contributed by atoms with E-state index in [9.17, 15) is 9.18 Å². The smallest absolute Gasteiger partial charge is 0.254 e. The van der Waals surface area contributed by atoms with Gasteiger partial charge in [-0.2, -0.15) is 5.10 Å². The molecule has 0 fully saturated rings. The summed E-state index contributed by atoms with van der Waals surface area (Å²) in [5, 5.41) is 6.86. The normalized spacial score (nSPS) is 12.1. The van der Waals surface area contributed by atoms with E-state index in [0.29, 0.717) is 17.8 Å². The summed E-state index contributed by atoms with van der Waals surface area (Å²) in [4.78, 5) is 12.0. The van der Waals surface area contributed by atoms with Crippen LogP contribution in [0.2, 0.25) is 0 Å². The molecule has 21 heavy (non-hydrogen) atoms. The Morgan fingerprint density at radius 2 is 2.19 bits per heavy atom. The van der Waals surface area contributed by atoms with E-state index in [1.165, 1.54) is 13.2 Å². The number of anilines is 1. The number of hydrogen-bond acceptors (Lipinski definition) is 3. The zero-order valence-corrected chi connectivity index (χ0v) is 12.0. The number of halogens is 1. The maximum absolute atomic E-state index is 13.7. The number of aromatic nitrogens is 2. The van der Waals surface area contributed by atoms with Crippen LogP contribution in [0.3, 0.4) is 0 Å². The van der Waals surface area contributed by atoms with Crippen molar-refractivity contribution in [3.8, 4) is 0 Å². The molecule has 2 rings (SSSR count). The Morgan fingerprint density at radius 3 is 2.86 bits per heavy atom. The van der Waals surface area contributed by atoms with Crippen molar-refractivity contribution in [2.45, 2.75) is 26.0 Å². The monoisotopic (exact) mass is 291 g/mol. The summed E-state index contributed by atoms with van der Waals surface area (Å²) in [6.07, 6.45) is 1.62. The lowest BCUT2D eigenvalue weighted by molar-refractivity contribution is -0.125. The van der Waals surface area contributed by atoms with Crippen LogP contribution in [-0.2, 0) is 16.1 Å². The van der Waals surface area contributed by atoms with Crippen LogP contribution in [0.15, 0.2) is 36.5 Å². The van der Waals surface area contributed by atoms with Crippen molar-refractivity contribution in [1.82, 2.24) is 9.78 Å². The van der Waals surface area contributed by atoms with Crippen molar-refractivity contribution in [3.63, 3.8) is 0 Å². The van der Waals surface area contributed by atoms with Gasteiger partial charge in [-0.15, -0.1) is 0 Å². The Hall–Kier alpha value is -2.21. The number of benzene rings is 1. The molecule has 6 heteroatoms. The molecule has 0 saturated carbocycles. The van der Waals surface area contributed by atoms with Gasteiger partial charge < -0.3 is 10.1 Å². The van der Waals surface area contributed by atoms with Gasteiger partial charge in [-0.1, -0.05) is 25.1 Å². The molecule has 0 bridgehead atoms. The van der Waals surface area contributed by atoms with E-state index in [1.54, 1.807) is 35.1 Å². The van der Waals surface area contributed by atoms with Crippen LogP contribution >= 0.6 is 0 Å². The molecule has 1 unspecified atom stereocenters. The number of rotatable bonds is 6. The van der Waals surface area contributed by atoms with Crippen molar-refractivity contribution in [3.05, 3.63) is 47.9 Å². The third kappa shape index (κ3) is 3.66. The van der Waals surface area contributed by atoms with Crippen LogP contribution in [0.25, 0.3) is 0 Å². The van der Waals surface area contributed by atoms with E-state index in [0.717, 1.165) is 0 Å². The van der Waals surface area contributed by atoms with Crippen LogP contribution in [0.4, 0.5) is 10.2 Å². The lowest BCUT2D eigenvalue weighted by Gasteiger charge is -2.14. The third-order valence-corrected chi connectivity index (χ3v) is 3.19. The summed E-state index contributed by atoms with van der Waals surface area (Å²) in [6.45, 7) is 2.11. The fourth-order valence-corrected chi connectivity index (χ4v) is 2.02. The van der Waals surface area contributed by atoms with Gasteiger partial charge in [0.15, 0.2) is 0 Å². The molecule has 1 atom stereocenters. The fourth-order valence-electron chi connectivity index (χ4n) is 2.02. The van der Waals surface area contributed by atoms with E-state index in [4.69, 9.17) is 4.74 Å². The standard InChI is InChI=1S/C15H18FN3O2/c1-3-13(21-2)15(20)18-14-8-9-17-19(14)10-11-6-4-5-7-12(11)16/h4-9,13H,3,10H2,1-2H3,(H,18,20). The molecule has 5 nitrogen and oxygen atoms in total. The van der Waals surface area contributed by atoms with Gasteiger partial charge in [0.1, 0.15) is 17.7 Å². The van der Waals surface area contributed by atoms with Gasteiger partial charge in [-0.25, -0.2) is 9.07 Å². The molecule has 0 radical (unpaired) electrons. The molecule has 1 aromatic heterocycles. The van der Waals surface area contributed by atoms with Crippen LogP contribution in [-0.4, -0.2) is 28.9 Å². The Balaban J connectivity index is 2.12. The van der Waals surface area contributed by atoms with E-state index in [1.807, 2.05) is 6.92 Å². The van der Waals surface area contributed by atoms with Crippen LogP contribution in [0, 0.1) is 5.82 Å². The maximum atomic E-state index is 13.7. The predicted molar refractivity (Wildman–Crippen MR) is 77.4 cm³/mol. The van der Waals surface area contributed by atoms with Gasteiger partial charge in [0, 0.05) is 18.7 Å². The Kier molecular flexibility index (Phi) is 5.05. The summed E-state index contributed by atoms with van der Waals surface area (Å²) in [6, 6.07) is 8.15. The number of amides is 1. The van der Waals surface area contributed by atoms with Crippen LogP contribution < -0.4 is 5.32 Å². The summed E-state index contributed by atoms with van der Waals surface area (Å²) < 4.78 is 20.3. The highest BCUT2D eigenvalue weighted by molar-refractivity contribution is 5.93. The third-order valence-electron chi connectivity index (χ3n) is 3.19. The first-order valence-electron chi connectivity index (χ1n) is 6.74. The summed E-state index contributed by atoms with van der Waals surface area (Å²) >= 11 is 0. The van der Waals surface area contributed by atoms with Gasteiger partial charge in [0.2, 0.25) is 0 Å². The molecule has 0 aliphatic carbocycles. The molecule has 112 valence electrons. The first-order chi connectivity index (χ1) is 10.2. The number of nitrogens with one attached hydrogen (secondary N) is 1. The molecule has 1 N–H and O–H groups in total. The van der Waals surface area contributed by atoms with Crippen molar-refractivity contribution in [2.24, 2.45) is 0 Å². The average Bonchev–Trinajstić information content (AvgIpc) is 2.90. The highest BCUT2D eigenvalue weighted by atomic mass is 19.1. The first-order valence-corrected chi connectivity index (χ1v) is 6.74. The number of carbonyl (C=O) groups excluding carboxylic acids is 1. The molecule has 0 aliphatic heterocycles. The minimum atomic E-state index is -0.512. The highest BCUT2D eigenvalue weighted by Gasteiger charge is 2.17. The lowest BCUT2D eigenvalue weighted by Crippen LogP contribution is -2.29. The highest BCUT2D eigenvalue weighted by Crippen LogP contribution is 2.13. The minimum Gasteiger partial charge on any atom is -0.372 e. The van der Waals surface area contributed by atoms with Gasteiger partial charge in [-0.3, -0.25) is 4.79 Å². The summed E-state index contributed by atoms with van der Waals surface area (Å²) in [5.41, 5.74) is 0.510. The molecular weight excluding hydrogens is 273 g/mol. The average molecular weight is 291 g/mol. The topological polar surface area (TPSA) is 56.1 Å². The van der Waals surface area contributed by atoms with Crippen molar-refractivity contribution in [1.29, 1.82) is 0 Å². The second-order valence-electron chi connectivity index (χ2n) is 4.59. The SMILES string of the molecule is CCC(OC)C(=O)Nc1ccnn1Cc1ccccc1F. The van der Waals surface area contributed by atoms with Crippen molar-refractivity contribution >= 4 is 11.7 Å². The molecule has 1 amide bonds. The quantitative estimate of drug-likeness (QED) is 0.889. The Morgan fingerprint density at radius 1 is 1.43 bits per heavy atom. The van der Waals surface area contributed by atoms with Crippen LogP contribution in [0.1, 0.15) is 18.9 Å². The summed E-state index contributed by atoms with van der Waals surface area (Å²) in [7, 11) is 1.49. The molecule has 0 spiro atoms. The first kappa shape index (κ1) is 15.2. The van der Waals surface area contributed by atoms with Gasteiger partial charge in [-0.05, 0) is 12.5 Å². The number of hydrogen-bond donors (Lipinski definition) is 1. The predicted octanol–water partition coefficient (Wildman–Crippen LogP) is 2.43. The van der Waals surface area contributed by atoms with E-state index < -0.39 is 6.10 Å². The van der Waals surface area contributed by atoms with Crippen LogP contribution in [0.5, 0.6) is 0 Å². The number of methoxy groups -OCH3 is 1. The molecule has 1 heterocycles. The second-order valence-corrected chi connectivity index (χ2v) is 4.59. The minimum absolute atomic E-state index is 0.240. The molecule has 1 aromatic carbocycles. The van der Waals surface area contributed by atoms with E-state index >= 15 is 0 Å². The number of ether oxygens (including phenoxy) is 1. The van der Waals surface area contributed by atoms with Gasteiger partial charge >= 0.3 is 0 Å². The lowest BCUT2D eigenvalue weighted by atomic mass is 10.2. The molecule has 2 aromatic rings. The number of carbonyl (C=O) groups is 1. The van der Waals surface area contributed by atoms with Gasteiger partial charge in [0.05, 0.1) is 12.7 Å². The van der Waals surface area contributed by atoms with Crippen molar-refractivity contribution < 1.29 is 13.9 Å². The van der Waals surface area contributed by atoms with Gasteiger partial charge in [0.25, 0.3) is 5.91 Å². The second kappa shape index (κ2) is 6.99. The zero-order valence-electron chi connectivity index (χ0n) is 12.0. The maximum Gasteiger partial charge on any atom is 0.254 e. The number of nitrogens with zero attached hydrogens (tertiary/aromatic N) is 2. The fraction of sp³-hybridized carbons (Fsp3) is 0.333. The zero-order chi connectivity index (χ0) is 15.2. The Bertz CT molecular complexity index is 608. The molecule has 0 aliphatic rings. The summed E-state index contributed by atoms with van der Waals surface area (Å²) in [5.74, 6) is -0.0253. The van der Waals surface area contributed by atoms with Crippen molar-refractivity contribution in [2.75, 3.05) is 12.4 Å².